The molecule has 0 spiro atoms. The highest BCUT2D eigenvalue weighted by atomic mass is 35.5. The molecule has 3 amide bonds. The Morgan fingerprint density at radius 3 is 2.16 bits per heavy atom. The van der Waals surface area contributed by atoms with E-state index in [-0.39, 0.29) is 30.1 Å². The smallest absolute Gasteiger partial charge is 0.262 e. The molecule has 1 saturated heterocycles. The number of nitrogens with one attached hydrogen (secondary N) is 1. The Kier molecular flexibility index (Phi) is 3.57. The molecular weight excluding hydrogens is 268 g/mol. The highest BCUT2D eigenvalue weighted by Crippen LogP contribution is 2.26. The maximum atomic E-state index is 12.2. The number of nitrogens with zero attached hydrogens (tertiary/aromatic N) is 1. The fourth-order valence-electron chi connectivity index (χ4n) is 2.49. The highest BCUT2D eigenvalue weighted by Gasteiger charge is 2.43. The lowest BCUT2D eigenvalue weighted by Gasteiger charge is -2.28. The fraction of sp³-hybridized carbons (Fsp3) is 0.308. The molecule has 0 bridgehead atoms. The summed E-state index contributed by atoms with van der Waals surface area (Å²) in [6.07, 6.45) is 1.32. The average Bonchev–Trinajstić information content (AvgIpc) is 2.64. The van der Waals surface area contributed by atoms with E-state index in [4.69, 9.17) is 0 Å². The number of halogens is 1. The van der Waals surface area contributed by atoms with Gasteiger partial charge in [-0.1, -0.05) is 12.1 Å². The normalized spacial score (nSPS) is 21.8. The second kappa shape index (κ2) is 5.01. The minimum atomic E-state index is -0.661. The maximum Gasteiger partial charge on any atom is 0.262 e. The third-order valence-corrected chi connectivity index (χ3v) is 3.39. The van der Waals surface area contributed by atoms with Crippen molar-refractivity contribution in [1.29, 1.82) is 0 Å². The molecule has 1 aromatic rings. The van der Waals surface area contributed by atoms with Crippen LogP contribution in [0.15, 0.2) is 24.3 Å². The zero-order valence-electron chi connectivity index (χ0n) is 10.1. The van der Waals surface area contributed by atoms with Crippen LogP contribution in [0.25, 0.3) is 0 Å². The van der Waals surface area contributed by atoms with Crippen molar-refractivity contribution in [3.05, 3.63) is 35.4 Å². The largest absolute Gasteiger partial charge is 0.354 e. The summed E-state index contributed by atoms with van der Waals surface area (Å²) >= 11 is 0. The highest BCUT2D eigenvalue weighted by molar-refractivity contribution is 6.22. The number of rotatable bonds is 1. The van der Waals surface area contributed by atoms with Crippen molar-refractivity contribution in [2.75, 3.05) is 6.54 Å². The van der Waals surface area contributed by atoms with Crippen LogP contribution in [0.1, 0.15) is 33.6 Å². The molecule has 1 aromatic carbocycles. The number of amides is 3. The Morgan fingerprint density at radius 1 is 1.05 bits per heavy atom. The minimum Gasteiger partial charge on any atom is -0.354 e. The molecule has 5 nitrogen and oxygen atoms in total. The molecule has 19 heavy (non-hydrogen) atoms. The van der Waals surface area contributed by atoms with E-state index in [0.717, 1.165) is 11.3 Å². The monoisotopic (exact) mass is 280 g/mol. The molecule has 100 valence electrons. The van der Waals surface area contributed by atoms with Crippen molar-refractivity contribution in [3.8, 4) is 0 Å². The maximum absolute atomic E-state index is 12.2. The van der Waals surface area contributed by atoms with E-state index < -0.39 is 6.04 Å². The topological polar surface area (TPSA) is 66.5 Å². The lowest BCUT2D eigenvalue weighted by Crippen LogP contribution is -2.52. The molecule has 2 aliphatic heterocycles. The van der Waals surface area contributed by atoms with Crippen LogP contribution in [0, 0.1) is 0 Å². The van der Waals surface area contributed by atoms with Crippen molar-refractivity contribution >= 4 is 30.1 Å². The van der Waals surface area contributed by atoms with E-state index in [2.05, 4.69) is 5.32 Å². The molecular formula is C13H13ClN2O3. The minimum absolute atomic E-state index is 0. The number of imide groups is 1. The van der Waals surface area contributed by atoms with E-state index in [1.54, 1.807) is 24.3 Å². The van der Waals surface area contributed by atoms with Crippen LogP contribution >= 0.6 is 12.4 Å². The van der Waals surface area contributed by atoms with Crippen LogP contribution in [0.2, 0.25) is 0 Å². The summed E-state index contributed by atoms with van der Waals surface area (Å²) in [5.74, 6) is -0.967. The number of fused-ring (bicyclic) bond motifs is 1. The molecule has 1 fully saturated rings. The van der Waals surface area contributed by atoms with Gasteiger partial charge in [-0.2, -0.15) is 0 Å². The van der Waals surface area contributed by atoms with Gasteiger partial charge in [0.05, 0.1) is 11.1 Å². The second-order valence-corrected chi connectivity index (χ2v) is 4.47. The van der Waals surface area contributed by atoms with Crippen LogP contribution in [-0.2, 0) is 4.79 Å². The lowest BCUT2D eigenvalue weighted by atomic mass is 10.1. The zero-order valence-corrected chi connectivity index (χ0v) is 10.9. The van der Waals surface area contributed by atoms with Gasteiger partial charge in [0.25, 0.3) is 11.8 Å². The first-order chi connectivity index (χ1) is 8.70. The van der Waals surface area contributed by atoms with Gasteiger partial charge in [-0.25, -0.2) is 0 Å². The number of hydrogen-bond donors (Lipinski definition) is 1. The fourth-order valence-corrected chi connectivity index (χ4v) is 2.49. The predicted octanol–water partition coefficient (Wildman–Crippen LogP) is 0.983. The Labute approximate surface area is 116 Å². The lowest BCUT2D eigenvalue weighted by molar-refractivity contribution is -0.126. The van der Waals surface area contributed by atoms with E-state index in [1.165, 1.54) is 0 Å². The Bertz CT molecular complexity index is 524. The van der Waals surface area contributed by atoms with Crippen LogP contribution in [0.4, 0.5) is 0 Å². The third-order valence-electron chi connectivity index (χ3n) is 3.39. The van der Waals surface area contributed by atoms with Crippen molar-refractivity contribution in [2.24, 2.45) is 0 Å². The summed E-state index contributed by atoms with van der Waals surface area (Å²) < 4.78 is 0. The van der Waals surface area contributed by atoms with Crippen LogP contribution in [0.3, 0.4) is 0 Å². The number of hydrogen-bond acceptors (Lipinski definition) is 3. The van der Waals surface area contributed by atoms with Gasteiger partial charge in [0.1, 0.15) is 6.04 Å². The summed E-state index contributed by atoms with van der Waals surface area (Å²) in [7, 11) is 0. The first kappa shape index (κ1) is 13.5. The summed E-state index contributed by atoms with van der Waals surface area (Å²) in [6, 6.07) is 6.02. The average molecular weight is 281 g/mol. The van der Waals surface area contributed by atoms with Crippen LogP contribution < -0.4 is 5.32 Å². The van der Waals surface area contributed by atoms with Crippen LogP contribution in [-0.4, -0.2) is 35.2 Å². The summed E-state index contributed by atoms with van der Waals surface area (Å²) in [4.78, 5) is 37.2. The molecule has 0 saturated carbocycles. The van der Waals surface area contributed by atoms with Gasteiger partial charge in [-0.05, 0) is 25.0 Å². The second-order valence-electron chi connectivity index (χ2n) is 4.47. The van der Waals surface area contributed by atoms with Crippen LogP contribution in [0.5, 0.6) is 0 Å². The van der Waals surface area contributed by atoms with Crippen molar-refractivity contribution in [3.63, 3.8) is 0 Å². The summed E-state index contributed by atoms with van der Waals surface area (Å²) in [5, 5.41) is 2.69. The van der Waals surface area contributed by atoms with Crippen molar-refractivity contribution in [1.82, 2.24) is 10.2 Å². The molecule has 0 aromatic heterocycles. The Hall–Kier alpha value is -1.88. The Morgan fingerprint density at radius 2 is 1.63 bits per heavy atom. The van der Waals surface area contributed by atoms with Gasteiger partial charge in [0, 0.05) is 6.54 Å². The van der Waals surface area contributed by atoms with E-state index >= 15 is 0 Å². The van der Waals surface area contributed by atoms with Gasteiger partial charge in [-0.3, -0.25) is 19.3 Å². The zero-order chi connectivity index (χ0) is 12.7. The summed E-state index contributed by atoms with van der Waals surface area (Å²) in [5.41, 5.74) is 0.779. The SMILES string of the molecule is Cl.O=C1NCCCC1N1C(=O)c2ccccc2C1=O. The quantitative estimate of drug-likeness (QED) is 0.780. The number of piperidine rings is 1. The molecule has 2 heterocycles. The molecule has 1 atom stereocenters. The van der Waals surface area contributed by atoms with E-state index in [0.29, 0.717) is 24.1 Å². The number of carbonyl (C=O) groups is 3. The molecule has 0 radical (unpaired) electrons. The van der Waals surface area contributed by atoms with Gasteiger partial charge in [0.2, 0.25) is 5.91 Å². The van der Waals surface area contributed by atoms with Gasteiger partial charge in [0.15, 0.2) is 0 Å². The number of benzene rings is 1. The molecule has 1 unspecified atom stereocenters. The molecule has 3 rings (SSSR count). The molecule has 1 N–H and O–H groups in total. The van der Waals surface area contributed by atoms with E-state index in [9.17, 15) is 14.4 Å². The molecule has 0 aliphatic carbocycles. The standard InChI is InChI=1S/C13H12N2O3.ClH/c16-11-10(6-3-7-14-11)15-12(17)8-4-1-2-5-9(8)13(15)18;/h1-2,4-5,10H,3,6-7H2,(H,14,16);1H. The van der Waals surface area contributed by atoms with E-state index in [1.807, 2.05) is 0 Å². The molecule has 6 heteroatoms. The predicted molar refractivity (Wildman–Crippen MR) is 70.2 cm³/mol. The summed E-state index contributed by atoms with van der Waals surface area (Å²) in [6.45, 7) is 0.610. The van der Waals surface area contributed by atoms with Gasteiger partial charge >= 0.3 is 0 Å². The molecule has 2 aliphatic rings. The van der Waals surface area contributed by atoms with Gasteiger partial charge < -0.3 is 5.32 Å². The van der Waals surface area contributed by atoms with Crippen molar-refractivity contribution < 1.29 is 14.4 Å². The van der Waals surface area contributed by atoms with Gasteiger partial charge in [-0.15, -0.1) is 12.4 Å². The number of carbonyl (C=O) groups excluding carboxylic acids is 3. The Balaban J connectivity index is 0.00000133. The third kappa shape index (κ3) is 2.00. The van der Waals surface area contributed by atoms with Crippen molar-refractivity contribution in [2.45, 2.75) is 18.9 Å². The first-order valence-corrected chi connectivity index (χ1v) is 5.95. The first-order valence-electron chi connectivity index (χ1n) is 5.95.